The van der Waals surface area contributed by atoms with Gasteiger partial charge >= 0.3 is 6.09 Å². The van der Waals surface area contributed by atoms with Gasteiger partial charge in [-0.15, -0.1) is 0 Å². The van der Waals surface area contributed by atoms with Gasteiger partial charge in [0.25, 0.3) is 0 Å². The molecular weight excluding hydrogens is 278 g/mol. The van der Waals surface area contributed by atoms with Crippen LogP contribution < -0.4 is 5.32 Å². The molecule has 0 fully saturated rings. The third-order valence-corrected chi connectivity index (χ3v) is 3.42. The molecule has 0 unspecified atom stereocenters. The summed E-state index contributed by atoms with van der Waals surface area (Å²) in [6.07, 6.45) is 4.60. The van der Waals surface area contributed by atoms with E-state index in [4.69, 9.17) is 4.74 Å². The number of phenols is 1. The number of aromatic hydroxyl groups is 1. The highest BCUT2D eigenvalue weighted by molar-refractivity contribution is 5.75. The average molecular weight is 301 g/mol. The Bertz CT molecular complexity index is 636. The van der Waals surface area contributed by atoms with Gasteiger partial charge in [0, 0.05) is 12.1 Å². The average Bonchev–Trinajstić information content (AvgIpc) is 2.81. The summed E-state index contributed by atoms with van der Waals surface area (Å²) >= 11 is 0. The lowest BCUT2D eigenvalue weighted by atomic mass is 10.00. The smallest absolute Gasteiger partial charge is 0.407 e. The van der Waals surface area contributed by atoms with Crippen molar-refractivity contribution < 1.29 is 14.6 Å². The van der Waals surface area contributed by atoms with Crippen molar-refractivity contribution in [1.29, 1.82) is 0 Å². The summed E-state index contributed by atoms with van der Waals surface area (Å²) < 4.78 is 5.17. The van der Waals surface area contributed by atoms with Crippen molar-refractivity contribution in [2.45, 2.75) is 46.3 Å². The molecule has 0 atom stereocenters. The van der Waals surface area contributed by atoms with E-state index in [0.717, 1.165) is 12.0 Å². The number of carbonyl (C=O) groups is 1. The molecule has 2 N–H and O–H groups in total. The molecule has 1 amide bonds. The number of alkyl carbamates (subject to hydrolysis) is 1. The molecule has 0 saturated carbocycles. The summed E-state index contributed by atoms with van der Waals surface area (Å²) in [6, 6.07) is 5.55. The molecule has 0 spiro atoms. The van der Waals surface area contributed by atoms with E-state index in [-0.39, 0.29) is 12.3 Å². The molecule has 0 bridgehead atoms. The fraction of sp³-hybridized carbons (Fsp3) is 0.389. The van der Waals surface area contributed by atoms with Crippen LogP contribution in [0.15, 0.2) is 35.9 Å². The Morgan fingerprint density at radius 2 is 2.09 bits per heavy atom. The normalized spacial score (nSPS) is 14.4. The summed E-state index contributed by atoms with van der Waals surface area (Å²) in [5, 5.41) is 12.8. The first kappa shape index (κ1) is 16.1. The number of hydrogen-bond acceptors (Lipinski definition) is 3. The Kier molecular flexibility index (Phi) is 4.59. The van der Waals surface area contributed by atoms with Gasteiger partial charge in [0.2, 0.25) is 0 Å². The first-order valence-corrected chi connectivity index (χ1v) is 7.41. The molecule has 118 valence electrons. The van der Waals surface area contributed by atoms with Crippen LogP contribution in [-0.4, -0.2) is 16.8 Å². The number of benzene rings is 1. The number of allylic oxidation sites excluding steroid dienone is 4. The SMILES string of the molecule is CC1=C(c2ccc(CNC(=O)OC(C)(C)C)c(O)c2)CC=C1. The van der Waals surface area contributed by atoms with Crippen LogP contribution in [0.25, 0.3) is 5.57 Å². The van der Waals surface area contributed by atoms with E-state index in [1.54, 1.807) is 6.07 Å². The molecule has 0 radical (unpaired) electrons. The van der Waals surface area contributed by atoms with Gasteiger partial charge in [-0.2, -0.15) is 0 Å². The summed E-state index contributed by atoms with van der Waals surface area (Å²) in [5.41, 5.74) is 3.59. The largest absolute Gasteiger partial charge is 0.508 e. The number of ether oxygens (including phenoxy) is 1. The minimum atomic E-state index is -0.532. The molecule has 0 heterocycles. The highest BCUT2D eigenvalue weighted by Crippen LogP contribution is 2.31. The van der Waals surface area contributed by atoms with Crippen molar-refractivity contribution in [2.24, 2.45) is 0 Å². The van der Waals surface area contributed by atoms with E-state index in [0.29, 0.717) is 5.56 Å². The number of carbonyl (C=O) groups excluding carboxylic acids is 1. The molecular formula is C18H23NO3. The minimum absolute atomic E-state index is 0.181. The minimum Gasteiger partial charge on any atom is -0.508 e. The van der Waals surface area contributed by atoms with Gasteiger partial charge < -0.3 is 15.2 Å². The number of phenolic OH excluding ortho intramolecular Hbond substituents is 1. The van der Waals surface area contributed by atoms with Crippen molar-refractivity contribution in [1.82, 2.24) is 5.32 Å². The lowest BCUT2D eigenvalue weighted by Crippen LogP contribution is -2.32. The highest BCUT2D eigenvalue weighted by Gasteiger charge is 2.16. The standard InChI is InChI=1S/C18H23NO3/c1-12-6-5-7-15(12)13-8-9-14(16(20)10-13)11-19-17(21)22-18(2,3)4/h5-6,8-10,20H,7,11H2,1-4H3,(H,19,21). The second kappa shape index (κ2) is 6.26. The first-order chi connectivity index (χ1) is 10.3. The van der Waals surface area contributed by atoms with Gasteiger partial charge in [0.1, 0.15) is 11.4 Å². The maximum absolute atomic E-state index is 11.6. The lowest BCUT2D eigenvalue weighted by Gasteiger charge is -2.19. The maximum atomic E-state index is 11.6. The number of nitrogens with one attached hydrogen (secondary N) is 1. The van der Waals surface area contributed by atoms with Crippen molar-refractivity contribution >= 4 is 11.7 Å². The molecule has 4 heteroatoms. The quantitative estimate of drug-likeness (QED) is 0.881. The second-order valence-corrected chi connectivity index (χ2v) is 6.47. The summed E-state index contributed by atoms with van der Waals surface area (Å²) in [7, 11) is 0. The topological polar surface area (TPSA) is 58.6 Å². The van der Waals surface area contributed by atoms with Crippen molar-refractivity contribution in [3.8, 4) is 5.75 Å². The van der Waals surface area contributed by atoms with Crippen molar-refractivity contribution in [3.05, 3.63) is 47.1 Å². The molecule has 1 aromatic rings. The van der Waals surface area contributed by atoms with E-state index in [1.807, 2.05) is 32.9 Å². The first-order valence-electron chi connectivity index (χ1n) is 7.41. The predicted octanol–water partition coefficient (Wildman–Crippen LogP) is 4.15. The van der Waals surface area contributed by atoms with Crippen LogP contribution in [0.2, 0.25) is 0 Å². The Hall–Kier alpha value is -2.23. The fourth-order valence-electron chi connectivity index (χ4n) is 2.34. The van der Waals surface area contributed by atoms with Crippen molar-refractivity contribution in [3.63, 3.8) is 0 Å². The van der Waals surface area contributed by atoms with E-state index in [9.17, 15) is 9.90 Å². The van der Waals surface area contributed by atoms with E-state index < -0.39 is 11.7 Å². The Balaban J connectivity index is 2.02. The lowest BCUT2D eigenvalue weighted by molar-refractivity contribution is 0.0523. The van der Waals surface area contributed by atoms with Crippen LogP contribution in [0.3, 0.4) is 0 Å². The zero-order chi connectivity index (χ0) is 16.3. The van der Waals surface area contributed by atoms with Gasteiger partial charge in [-0.1, -0.05) is 24.3 Å². The molecule has 1 aromatic carbocycles. The van der Waals surface area contributed by atoms with Crippen LogP contribution in [0, 0.1) is 0 Å². The Labute approximate surface area is 131 Å². The van der Waals surface area contributed by atoms with Gasteiger partial charge in [-0.25, -0.2) is 4.79 Å². The molecule has 22 heavy (non-hydrogen) atoms. The molecule has 1 aliphatic carbocycles. The van der Waals surface area contributed by atoms with Gasteiger partial charge in [0.05, 0.1) is 0 Å². The summed E-state index contributed by atoms with van der Waals surface area (Å²) in [4.78, 5) is 11.6. The van der Waals surface area contributed by atoms with Crippen LogP contribution in [0.1, 0.15) is 45.2 Å². The monoisotopic (exact) mass is 301 g/mol. The zero-order valence-corrected chi connectivity index (χ0v) is 13.6. The molecule has 4 nitrogen and oxygen atoms in total. The highest BCUT2D eigenvalue weighted by atomic mass is 16.6. The predicted molar refractivity (Wildman–Crippen MR) is 87.5 cm³/mol. The maximum Gasteiger partial charge on any atom is 0.407 e. The molecule has 0 aliphatic heterocycles. The van der Waals surface area contributed by atoms with Gasteiger partial charge in [-0.05, 0) is 56.9 Å². The fourth-order valence-corrected chi connectivity index (χ4v) is 2.34. The van der Waals surface area contributed by atoms with Gasteiger partial charge in [-0.3, -0.25) is 0 Å². The zero-order valence-electron chi connectivity index (χ0n) is 13.6. The Morgan fingerprint density at radius 3 is 2.64 bits per heavy atom. The van der Waals surface area contributed by atoms with Crippen LogP contribution in [0.4, 0.5) is 4.79 Å². The third-order valence-electron chi connectivity index (χ3n) is 3.42. The van der Waals surface area contributed by atoms with Gasteiger partial charge in [0.15, 0.2) is 0 Å². The summed E-state index contributed by atoms with van der Waals surface area (Å²) in [5.74, 6) is 0.181. The van der Waals surface area contributed by atoms with E-state index in [1.165, 1.54) is 11.1 Å². The molecule has 1 aliphatic rings. The van der Waals surface area contributed by atoms with E-state index in [2.05, 4.69) is 24.4 Å². The van der Waals surface area contributed by atoms with E-state index >= 15 is 0 Å². The number of amides is 1. The van der Waals surface area contributed by atoms with Crippen LogP contribution in [-0.2, 0) is 11.3 Å². The number of hydrogen-bond donors (Lipinski definition) is 2. The molecule has 0 aromatic heterocycles. The van der Waals surface area contributed by atoms with Crippen LogP contribution >= 0.6 is 0 Å². The Morgan fingerprint density at radius 1 is 1.36 bits per heavy atom. The second-order valence-electron chi connectivity index (χ2n) is 6.47. The number of rotatable bonds is 3. The molecule has 2 rings (SSSR count). The molecule has 0 saturated heterocycles. The van der Waals surface area contributed by atoms with Crippen LogP contribution in [0.5, 0.6) is 5.75 Å². The summed E-state index contributed by atoms with van der Waals surface area (Å²) in [6.45, 7) is 7.73. The third kappa shape index (κ3) is 4.13. The van der Waals surface area contributed by atoms with Crippen molar-refractivity contribution in [2.75, 3.05) is 0 Å².